The highest BCUT2D eigenvalue weighted by Gasteiger charge is 2.02. The van der Waals surface area contributed by atoms with Crippen LogP contribution in [-0.2, 0) is 7.05 Å². The van der Waals surface area contributed by atoms with Gasteiger partial charge in [0.1, 0.15) is 11.3 Å². The quantitative estimate of drug-likeness (QED) is 0.150. The second kappa shape index (κ2) is 19.7. The van der Waals surface area contributed by atoms with Gasteiger partial charge in [-0.1, -0.05) is 108 Å². The van der Waals surface area contributed by atoms with Crippen molar-refractivity contribution in [3.8, 4) is 0 Å². The van der Waals surface area contributed by atoms with Crippen LogP contribution in [0.3, 0.4) is 0 Å². The van der Waals surface area contributed by atoms with E-state index in [4.69, 9.17) is 4.42 Å². The molecule has 0 bridgehead atoms. The third-order valence-corrected chi connectivity index (χ3v) is 11.3. The number of benzene rings is 6. The van der Waals surface area contributed by atoms with E-state index >= 15 is 0 Å². The average Bonchev–Trinajstić information content (AvgIpc) is 3.79. The smallest absolute Gasteiger partial charge is 0.134 e. The van der Waals surface area contributed by atoms with Crippen LogP contribution in [0.5, 0.6) is 0 Å². The monoisotopic (exact) mass is 773 g/mol. The number of furan rings is 1. The minimum Gasteiger partial charge on any atom is -0.461 e. The number of nitrogens with zero attached hydrogens (tertiary/aromatic N) is 1. The highest BCUT2D eigenvalue weighted by molar-refractivity contribution is 7.19. The lowest BCUT2D eigenvalue weighted by atomic mass is 10.0. The van der Waals surface area contributed by atoms with Crippen LogP contribution in [0.15, 0.2) is 126 Å². The molecule has 57 heavy (non-hydrogen) atoms. The summed E-state index contributed by atoms with van der Waals surface area (Å²) >= 11 is 1.86. The molecule has 296 valence electrons. The van der Waals surface area contributed by atoms with E-state index in [1.54, 1.807) is 0 Å². The van der Waals surface area contributed by atoms with Crippen molar-refractivity contribution < 1.29 is 4.42 Å². The molecular formula is C54H63NOS. The molecule has 3 heteroatoms. The lowest BCUT2D eigenvalue weighted by molar-refractivity contribution is 0.578. The first-order valence-electron chi connectivity index (χ1n) is 19.5. The molecule has 0 saturated heterocycles. The average molecular weight is 774 g/mol. The molecule has 0 N–H and O–H groups in total. The number of thiophene rings is 1. The Hall–Kier alpha value is -5.38. The second-order valence-electron chi connectivity index (χ2n) is 15.6. The molecule has 6 aromatic carbocycles. The number of fused-ring (bicyclic) bond motifs is 4. The van der Waals surface area contributed by atoms with E-state index in [9.17, 15) is 0 Å². The molecule has 0 fully saturated rings. The van der Waals surface area contributed by atoms with E-state index in [2.05, 4.69) is 203 Å². The van der Waals surface area contributed by atoms with E-state index in [1.807, 2.05) is 24.3 Å². The molecule has 9 rings (SSSR count). The van der Waals surface area contributed by atoms with Gasteiger partial charge in [0.15, 0.2) is 0 Å². The predicted octanol–water partition coefficient (Wildman–Crippen LogP) is 16.4. The SMILES string of the molecule is C.Cc1ccc(C)c(C)c1.Cc1ccc2c(c1)cc(C)n2C.Cc1ccc2cc(C)c(C)cc2c1.Cc1ccc2oc(C)cc2c1.Cc1ccc2sc(C)cc2c1. The molecule has 0 saturated carbocycles. The molecule has 0 aliphatic heterocycles. The Balaban J connectivity index is 0.000000158. The van der Waals surface area contributed by atoms with Gasteiger partial charge in [0.2, 0.25) is 0 Å². The molecule has 2 nitrogen and oxygen atoms in total. The number of aryl methyl sites for hydroxylation is 13. The fourth-order valence-corrected chi connectivity index (χ4v) is 7.64. The fourth-order valence-electron chi connectivity index (χ4n) is 6.73. The molecule has 0 amide bonds. The third kappa shape index (κ3) is 12.1. The van der Waals surface area contributed by atoms with Crippen molar-refractivity contribution in [1.29, 1.82) is 0 Å². The molecular weight excluding hydrogens is 711 g/mol. The molecule has 3 heterocycles. The van der Waals surface area contributed by atoms with Crippen LogP contribution < -0.4 is 0 Å². The molecule has 0 atom stereocenters. The van der Waals surface area contributed by atoms with Gasteiger partial charge in [-0.3, -0.25) is 0 Å². The summed E-state index contributed by atoms with van der Waals surface area (Å²) in [4.78, 5) is 1.39. The molecule has 0 radical (unpaired) electrons. The molecule has 0 unspecified atom stereocenters. The zero-order valence-electron chi connectivity index (χ0n) is 35.8. The van der Waals surface area contributed by atoms with Gasteiger partial charge in [0.25, 0.3) is 0 Å². The summed E-state index contributed by atoms with van der Waals surface area (Å²) in [6, 6.07) is 43.5. The highest BCUT2D eigenvalue weighted by Crippen LogP contribution is 2.26. The summed E-state index contributed by atoms with van der Waals surface area (Å²) in [5, 5.41) is 6.61. The lowest BCUT2D eigenvalue weighted by Gasteiger charge is -2.04. The van der Waals surface area contributed by atoms with Crippen LogP contribution in [0, 0.1) is 83.1 Å². The largest absolute Gasteiger partial charge is 0.461 e. The summed E-state index contributed by atoms with van der Waals surface area (Å²) in [5.41, 5.74) is 15.7. The van der Waals surface area contributed by atoms with Crippen molar-refractivity contribution in [3.63, 3.8) is 0 Å². The van der Waals surface area contributed by atoms with E-state index in [0.29, 0.717) is 0 Å². The first kappa shape index (κ1) is 44.3. The number of hydrogen-bond donors (Lipinski definition) is 0. The van der Waals surface area contributed by atoms with Gasteiger partial charge in [-0.2, -0.15) is 0 Å². The van der Waals surface area contributed by atoms with E-state index in [0.717, 1.165) is 11.3 Å². The summed E-state index contributed by atoms with van der Waals surface area (Å²) in [6.07, 6.45) is 0. The van der Waals surface area contributed by atoms with Crippen LogP contribution in [0.4, 0.5) is 0 Å². The standard InChI is InChI=1S/C13H14.C11H13N.C10H10O.C10H10S.C9H12.CH4/c1-9-4-5-12-7-10(2)11(3)8-13(12)6-9;1-8-4-5-11-10(6-8)7-9(2)12(11)3;2*1-7-3-4-10-9(5-7)6-8(2)11-10;1-7-4-5-8(2)9(3)6-7;/h4-8H,1-3H3;4-7H,1-3H3;2*3-6H,1-2H3;4-6H,1-3H3;1H4. The van der Waals surface area contributed by atoms with Crippen molar-refractivity contribution in [3.05, 3.63) is 188 Å². The third-order valence-electron chi connectivity index (χ3n) is 10.3. The van der Waals surface area contributed by atoms with Gasteiger partial charge in [0.05, 0.1) is 0 Å². The number of hydrogen-bond acceptors (Lipinski definition) is 2. The number of aromatic nitrogens is 1. The van der Waals surface area contributed by atoms with Gasteiger partial charge in [-0.15, -0.1) is 11.3 Å². The number of rotatable bonds is 0. The van der Waals surface area contributed by atoms with Crippen LogP contribution in [-0.4, -0.2) is 4.57 Å². The maximum atomic E-state index is 5.42. The maximum absolute atomic E-state index is 5.42. The van der Waals surface area contributed by atoms with Crippen LogP contribution in [0.1, 0.15) is 73.8 Å². The van der Waals surface area contributed by atoms with Crippen LogP contribution in [0.2, 0.25) is 0 Å². The summed E-state index contributed by atoms with van der Waals surface area (Å²) < 4.78 is 9.04. The Morgan fingerprint density at radius 2 is 0.912 bits per heavy atom. The zero-order chi connectivity index (χ0) is 40.7. The Bertz CT molecular complexity index is 2660. The van der Waals surface area contributed by atoms with Crippen LogP contribution in [0.25, 0.3) is 42.7 Å². The zero-order valence-corrected chi connectivity index (χ0v) is 36.6. The van der Waals surface area contributed by atoms with Crippen molar-refractivity contribution in [2.24, 2.45) is 7.05 Å². The van der Waals surface area contributed by atoms with E-state index < -0.39 is 0 Å². The fraction of sp³-hybridized carbons (Fsp3) is 0.259. The molecule has 0 aliphatic rings. The first-order chi connectivity index (χ1) is 26.6. The Labute approximate surface area is 346 Å². The molecule has 9 aromatic rings. The van der Waals surface area contributed by atoms with Gasteiger partial charge in [-0.25, -0.2) is 0 Å². The molecule has 0 spiro atoms. The Morgan fingerprint density at radius 1 is 0.404 bits per heavy atom. The van der Waals surface area contributed by atoms with Crippen molar-refractivity contribution in [2.45, 2.75) is 90.5 Å². The van der Waals surface area contributed by atoms with Crippen molar-refractivity contribution in [1.82, 2.24) is 4.57 Å². The van der Waals surface area contributed by atoms with Gasteiger partial charge in [-0.05, 0) is 170 Å². The minimum atomic E-state index is 0. The normalized spacial score (nSPS) is 10.4. The Kier molecular flexibility index (Phi) is 15.3. The van der Waals surface area contributed by atoms with Gasteiger partial charge in [0, 0.05) is 38.6 Å². The van der Waals surface area contributed by atoms with Gasteiger partial charge >= 0.3 is 0 Å². The topological polar surface area (TPSA) is 18.1 Å². The molecule has 0 aliphatic carbocycles. The summed E-state index contributed by atoms with van der Waals surface area (Å²) in [5.74, 6) is 0.977. The lowest BCUT2D eigenvalue weighted by Crippen LogP contribution is -1.88. The summed E-state index contributed by atoms with van der Waals surface area (Å²) in [6.45, 7) is 25.4. The van der Waals surface area contributed by atoms with Crippen molar-refractivity contribution >= 4 is 54.1 Å². The van der Waals surface area contributed by atoms with E-state index in [-0.39, 0.29) is 7.43 Å². The van der Waals surface area contributed by atoms with E-state index in [1.165, 1.54) is 97.8 Å². The highest BCUT2D eigenvalue weighted by atomic mass is 32.1. The van der Waals surface area contributed by atoms with Crippen molar-refractivity contribution in [2.75, 3.05) is 0 Å². The molecule has 3 aromatic heterocycles. The van der Waals surface area contributed by atoms with Gasteiger partial charge < -0.3 is 8.98 Å². The van der Waals surface area contributed by atoms with Crippen LogP contribution >= 0.6 is 11.3 Å². The first-order valence-corrected chi connectivity index (χ1v) is 20.4. The Morgan fingerprint density at radius 3 is 1.56 bits per heavy atom. The second-order valence-corrected chi connectivity index (χ2v) is 16.9. The minimum absolute atomic E-state index is 0. The maximum Gasteiger partial charge on any atom is 0.134 e. The predicted molar refractivity (Wildman–Crippen MR) is 255 cm³/mol. The summed E-state index contributed by atoms with van der Waals surface area (Å²) in [7, 11) is 2.10.